The van der Waals surface area contributed by atoms with Gasteiger partial charge in [-0.3, -0.25) is 4.79 Å². The van der Waals surface area contributed by atoms with Crippen LogP contribution in [0.1, 0.15) is 27.9 Å². The maximum atomic E-state index is 12.4. The van der Waals surface area contributed by atoms with Crippen LogP contribution in [0.25, 0.3) is 0 Å². The van der Waals surface area contributed by atoms with Crippen molar-refractivity contribution in [1.29, 1.82) is 0 Å². The second kappa shape index (κ2) is 5.99. The van der Waals surface area contributed by atoms with E-state index in [1.165, 1.54) is 12.1 Å². The third kappa shape index (κ3) is 4.08. The SMILES string of the molecule is Nc1ccc(CCC(=O)c2ccc(C(F)(F)F)cc2)cc1. The molecule has 2 nitrogen and oxygen atoms in total. The van der Waals surface area contributed by atoms with Gasteiger partial charge in [-0.1, -0.05) is 24.3 Å². The number of carbonyl (C=O) groups is 1. The Hall–Kier alpha value is -2.30. The molecular formula is C16H14F3NO. The molecule has 5 heteroatoms. The van der Waals surface area contributed by atoms with E-state index >= 15 is 0 Å². The number of halogens is 3. The van der Waals surface area contributed by atoms with Crippen LogP contribution in [0.2, 0.25) is 0 Å². The number of ketones is 1. The lowest BCUT2D eigenvalue weighted by Crippen LogP contribution is -2.06. The van der Waals surface area contributed by atoms with E-state index in [1.54, 1.807) is 12.1 Å². The van der Waals surface area contributed by atoms with Crippen molar-refractivity contribution in [2.45, 2.75) is 19.0 Å². The number of hydrogen-bond donors (Lipinski definition) is 1. The minimum atomic E-state index is -4.38. The summed E-state index contributed by atoms with van der Waals surface area (Å²) in [5.41, 5.74) is 6.71. The van der Waals surface area contributed by atoms with E-state index in [-0.39, 0.29) is 12.2 Å². The fourth-order valence-corrected chi connectivity index (χ4v) is 1.93. The van der Waals surface area contributed by atoms with Gasteiger partial charge in [0.05, 0.1) is 5.56 Å². The van der Waals surface area contributed by atoms with Gasteiger partial charge in [-0.15, -0.1) is 0 Å². The molecule has 0 bridgehead atoms. The standard InChI is InChI=1S/C16H14F3NO/c17-16(18,19)13-6-4-12(5-7-13)15(21)10-3-11-1-8-14(20)9-2-11/h1-2,4-9H,3,10,20H2. The molecule has 0 aromatic heterocycles. The van der Waals surface area contributed by atoms with Gasteiger partial charge < -0.3 is 5.73 Å². The highest BCUT2D eigenvalue weighted by Crippen LogP contribution is 2.29. The van der Waals surface area contributed by atoms with Crippen LogP contribution in [0, 0.1) is 0 Å². The van der Waals surface area contributed by atoms with Crippen molar-refractivity contribution < 1.29 is 18.0 Å². The van der Waals surface area contributed by atoms with E-state index in [9.17, 15) is 18.0 Å². The van der Waals surface area contributed by atoms with Crippen LogP contribution in [-0.4, -0.2) is 5.78 Å². The predicted molar refractivity (Wildman–Crippen MR) is 74.9 cm³/mol. The third-order valence-corrected chi connectivity index (χ3v) is 3.15. The monoisotopic (exact) mass is 293 g/mol. The number of hydrogen-bond acceptors (Lipinski definition) is 2. The summed E-state index contributed by atoms with van der Waals surface area (Å²) in [7, 11) is 0. The van der Waals surface area contributed by atoms with E-state index in [0.717, 1.165) is 17.7 Å². The lowest BCUT2D eigenvalue weighted by molar-refractivity contribution is -0.137. The predicted octanol–water partition coefficient (Wildman–Crippen LogP) is 4.10. The quantitative estimate of drug-likeness (QED) is 0.681. The van der Waals surface area contributed by atoms with Crippen molar-refractivity contribution in [3.8, 4) is 0 Å². The zero-order valence-electron chi connectivity index (χ0n) is 11.2. The molecule has 0 saturated carbocycles. The van der Waals surface area contributed by atoms with E-state index in [4.69, 9.17) is 5.73 Å². The molecule has 2 rings (SSSR count). The maximum Gasteiger partial charge on any atom is 0.416 e. The van der Waals surface area contributed by atoms with Gasteiger partial charge in [-0.05, 0) is 36.2 Å². The van der Waals surface area contributed by atoms with Crippen LogP contribution in [0.4, 0.5) is 18.9 Å². The molecule has 0 spiro atoms. The summed E-state index contributed by atoms with van der Waals surface area (Å²) in [5.74, 6) is -0.180. The van der Waals surface area contributed by atoms with Crippen LogP contribution in [0.5, 0.6) is 0 Å². The summed E-state index contributed by atoms with van der Waals surface area (Å²) < 4.78 is 37.3. The lowest BCUT2D eigenvalue weighted by atomic mass is 10.0. The molecule has 2 N–H and O–H groups in total. The summed E-state index contributed by atoms with van der Waals surface area (Å²) >= 11 is 0. The van der Waals surface area contributed by atoms with Gasteiger partial charge in [-0.2, -0.15) is 13.2 Å². The minimum absolute atomic E-state index is 0.180. The van der Waals surface area contributed by atoms with Crippen molar-refractivity contribution in [3.05, 3.63) is 65.2 Å². The Labute approximate surface area is 120 Å². The summed E-state index contributed by atoms with van der Waals surface area (Å²) in [5, 5.41) is 0. The Morgan fingerprint density at radius 3 is 2.05 bits per heavy atom. The molecule has 0 unspecified atom stereocenters. The molecule has 110 valence electrons. The van der Waals surface area contributed by atoms with Crippen LogP contribution in [0.3, 0.4) is 0 Å². The molecule has 0 aliphatic carbocycles. The zero-order valence-corrected chi connectivity index (χ0v) is 11.2. The maximum absolute atomic E-state index is 12.4. The van der Waals surface area contributed by atoms with Crippen molar-refractivity contribution in [2.75, 3.05) is 5.73 Å². The Kier molecular flexibility index (Phi) is 4.31. The average Bonchev–Trinajstić information content (AvgIpc) is 2.45. The molecular weight excluding hydrogens is 279 g/mol. The van der Waals surface area contributed by atoms with Crippen LogP contribution in [-0.2, 0) is 12.6 Å². The van der Waals surface area contributed by atoms with Crippen molar-refractivity contribution in [1.82, 2.24) is 0 Å². The number of nitrogen functional groups attached to an aromatic ring is 1. The van der Waals surface area contributed by atoms with E-state index in [0.29, 0.717) is 17.7 Å². The fraction of sp³-hybridized carbons (Fsp3) is 0.188. The molecule has 21 heavy (non-hydrogen) atoms. The lowest BCUT2D eigenvalue weighted by Gasteiger charge is -2.07. The molecule has 0 amide bonds. The third-order valence-electron chi connectivity index (χ3n) is 3.15. The molecule has 0 aliphatic rings. The molecule has 0 fully saturated rings. The number of carbonyl (C=O) groups excluding carboxylic acids is 1. The molecule has 0 heterocycles. The molecule has 0 saturated heterocycles. The Bertz CT molecular complexity index is 615. The zero-order chi connectivity index (χ0) is 15.5. The van der Waals surface area contributed by atoms with Gasteiger partial charge >= 0.3 is 6.18 Å². The average molecular weight is 293 g/mol. The molecule has 0 radical (unpaired) electrons. The highest BCUT2D eigenvalue weighted by atomic mass is 19.4. The van der Waals surface area contributed by atoms with Gasteiger partial charge in [0.15, 0.2) is 5.78 Å². The van der Waals surface area contributed by atoms with Gasteiger partial charge in [0.25, 0.3) is 0 Å². The van der Waals surface area contributed by atoms with Crippen LogP contribution < -0.4 is 5.73 Å². The first-order chi connectivity index (χ1) is 9.86. The fourth-order valence-electron chi connectivity index (χ4n) is 1.93. The van der Waals surface area contributed by atoms with Gasteiger partial charge in [0.2, 0.25) is 0 Å². The van der Waals surface area contributed by atoms with Crippen molar-refractivity contribution in [2.24, 2.45) is 0 Å². The smallest absolute Gasteiger partial charge is 0.399 e. The van der Waals surface area contributed by atoms with Crippen molar-refractivity contribution >= 4 is 11.5 Å². The van der Waals surface area contributed by atoms with Crippen molar-refractivity contribution in [3.63, 3.8) is 0 Å². The largest absolute Gasteiger partial charge is 0.416 e. The van der Waals surface area contributed by atoms with E-state index in [1.807, 2.05) is 12.1 Å². The Balaban J connectivity index is 1.99. The normalized spacial score (nSPS) is 11.4. The van der Waals surface area contributed by atoms with Gasteiger partial charge in [0, 0.05) is 17.7 Å². The number of nitrogens with two attached hydrogens (primary N) is 1. The first-order valence-electron chi connectivity index (χ1n) is 6.41. The number of benzene rings is 2. The molecule has 0 aliphatic heterocycles. The number of rotatable bonds is 4. The first kappa shape index (κ1) is 15.1. The highest BCUT2D eigenvalue weighted by Gasteiger charge is 2.30. The second-order valence-corrected chi connectivity index (χ2v) is 4.74. The van der Waals surface area contributed by atoms with Crippen LogP contribution >= 0.6 is 0 Å². The molecule has 0 atom stereocenters. The highest BCUT2D eigenvalue weighted by molar-refractivity contribution is 5.96. The summed E-state index contributed by atoms with van der Waals surface area (Å²) in [6, 6.07) is 11.4. The van der Waals surface area contributed by atoms with E-state index < -0.39 is 11.7 Å². The second-order valence-electron chi connectivity index (χ2n) is 4.74. The number of anilines is 1. The summed E-state index contributed by atoms with van der Waals surface area (Å²) in [6.07, 6.45) is -3.61. The summed E-state index contributed by atoms with van der Waals surface area (Å²) in [6.45, 7) is 0. The first-order valence-corrected chi connectivity index (χ1v) is 6.41. The molecule has 2 aromatic rings. The Morgan fingerprint density at radius 2 is 1.52 bits per heavy atom. The van der Waals surface area contributed by atoms with E-state index in [2.05, 4.69) is 0 Å². The number of alkyl halides is 3. The topological polar surface area (TPSA) is 43.1 Å². The van der Waals surface area contributed by atoms with Crippen LogP contribution in [0.15, 0.2) is 48.5 Å². The number of Topliss-reactive ketones (excluding diaryl/α,β-unsaturated/α-hetero) is 1. The molecule has 2 aromatic carbocycles. The van der Waals surface area contributed by atoms with Gasteiger partial charge in [-0.25, -0.2) is 0 Å². The van der Waals surface area contributed by atoms with Gasteiger partial charge in [0.1, 0.15) is 0 Å². The summed E-state index contributed by atoms with van der Waals surface area (Å²) in [4.78, 5) is 11.9. The number of aryl methyl sites for hydroxylation is 1. The minimum Gasteiger partial charge on any atom is -0.399 e. The Morgan fingerprint density at radius 1 is 0.952 bits per heavy atom.